The molecule has 2 rings (SSSR count). The van der Waals surface area contributed by atoms with E-state index in [-0.39, 0.29) is 11.9 Å². The van der Waals surface area contributed by atoms with E-state index < -0.39 is 10.0 Å². The van der Waals surface area contributed by atoms with E-state index in [1.54, 1.807) is 23.2 Å². The number of pyridine rings is 1. The summed E-state index contributed by atoms with van der Waals surface area (Å²) in [4.78, 5) is 18.1. The van der Waals surface area contributed by atoms with Crippen LogP contribution in [-0.4, -0.2) is 49.6 Å². The van der Waals surface area contributed by atoms with Crippen molar-refractivity contribution in [2.75, 3.05) is 19.3 Å². The van der Waals surface area contributed by atoms with Gasteiger partial charge in [0, 0.05) is 25.3 Å². The fourth-order valence-corrected chi connectivity index (χ4v) is 3.48. The van der Waals surface area contributed by atoms with Crippen LogP contribution >= 0.6 is 15.9 Å². The van der Waals surface area contributed by atoms with Gasteiger partial charge in [0.2, 0.25) is 10.0 Å². The van der Waals surface area contributed by atoms with Crippen molar-refractivity contribution in [2.45, 2.75) is 18.9 Å². The van der Waals surface area contributed by atoms with Gasteiger partial charge in [0.05, 0.1) is 11.8 Å². The van der Waals surface area contributed by atoms with E-state index in [1.807, 2.05) is 0 Å². The smallest absolute Gasteiger partial charge is 0.256 e. The molecule has 1 N–H and O–H groups in total. The average molecular weight is 362 g/mol. The van der Waals surface area contributed by atoms with E-state index >= 15 is 0 Å². The molecule has 1 aliphatic rings. The van der Waals surface area contributed by atoms with Crippen LogP contribution in [0.2, 0.25) is 0 Å². The van der Waals surface area contributed by atoms with Gasteiger partial charge in [0.25, 0.3) is 5.91 Å². The minimum Gasteiger partial charge on any atom is -0.338 e. The van der Waals surface area contributed by atoms with Gasteiger partial charge in [-0.15, -0.1) is 0 Å². The van der Waals surface area contributed by atoms with Crippen LogP contribution in [0.3, 0.4) is 0 Å². The average Bonchev–Trinajstić information content (AvgIpc) is 2.37. The van der Waals surface area contributed by atoms with Crippen LogP contribution in [0.4, 0.5) is 0 Å². The molecule has 1 aliphatic heterocycles. The van der Waals surface area contributed by atoms with Crippen molar-refractivity contribution in [3.05, 3.63) is 28.5 Å². The van der Waals surface area contributed by atoms with Crippen LogP contribution in [0, 0.1) is 0 Å². The van der Waals surface area contributed by atoms with Crippen LogP contribution < -0.4 is 4.72 Å². The van der Waals surface area contributed by atoms with Crippen LogP contribution in [0.5, 0.6) is 0 Å². The van der Waals surface area contributed by atoms with Crippen molar-refractivity contribution in [1.29, 1.82) is 0 Å². The molecule has 0 spiro atoms. The minimum absolute atomic E-state index is 0.0808. The summed E-state index contributed by atoms with van der Waals surface area (Å²) in [5.41, 5.74) is 0.530. The molecule has 1 aromatic rings. The zero-order valence-corrected chi connectivity index (χ0v) is 13.4. The SMILES string of the molecule is CS(=O)(=O)NC1CCN(C(=O)c2cccnc2Br)CC1. The molecule has 20 heavy (non-hydrogen) atoms. The van der Waals surface area contributed by atoms with Crippen LogP contribution in [-0.2, 0) is 10.0 Å². The summed E-state index contributed by atoms with van der Waals surface area (Å²) < 4.78 is 25.5. The molecule has 1 fully saturated rings. The second-order valence-corrected chi connectivity index (χ2v) is 7.33. The van der Waals surface area contributed by atoms with Gasteiger partial charge in [0.15, 0.2) is 0 Å². The number of carbonyl (C=O) groups is 1. The van der Waals surface area contributed by atoms with E-state index in [2.05, 4.69) is 25.6 Å². The number of aromatic nitrogens is 1. The highest BCUT2D eigenvalue weighted by Crippen LogP contribution is 2.18. The molecule has 1 saturated heterocycles. The first-order valence-electron chi connectivity index (χ1n) is 6.24. The fraction of sp³-hybridized carbons (Fsp3) is 0.500. The topological polar surface area (TPSA) is 79.4 Å². The molecule has 1 amide bonds. The molecule has 6 nitrogen and oxygen atoms in total. The predicted molar refractivity (Wildman–Crippen MR) is 78.8 cm³/mol. The zero-order chi connectivity index (χ0) is 14.8. The first-order valence-corrected chi connectivity index (χ1v) is 8.92. The number of rotatable bonds is 3. The number of sulfonamides is 1. The Kier molecular flexibility index (Phi) is 4.77. The molecular weight excluding hydrogens is 346 g/mol. The third-order valence-corrected chi connectivity index (χ3v) is 4.55. The number of amides is 1. The molecule has 0 atom stereocenters. The van der Waals surface area contributed by atoms with Crippen molar-refractivity contribution < 1.29 is 13.2 Å². The molecule has 0 aromatic carbocycles. The number of hydrogen-bond acceptors (Lipinski definition) is 4. The highest BCUT2D eigenvalue weighted by Gasteiger charge is 2.26. The summed E-state index contributed by atoms with van der Waals surface area (Å²) in [6, 6.07) is 3.35. The first kappa shape index (κ1) is 15.4. The first-order chi connectivity index (χ1) is 9.37. The Hall–Kier alpha value is -0.990. The highest BCUT2D eigenvalue weighted by molar-refractivity contribution is 9.10. The summed E-state index contributed by atoms with van der Waals surface area (Å²) in [6.45, 7) is 1.07. The maximum absolute atomic E-state index is 12.3. The van der Waals surface area contributed by atoms with Crippen molar-refractivity contribution in [2.24, 2.45) is 0 Å². The fourth-order valence-electron chi connectivity index (χ4n) is 2.22. The molecule has 0 saturated carbocycles. The van der Waals surface area contributed by atoms with Crippen LogP contribution in [0.1, 0.15) is 23.2 Å². The standard InChI is InChI=1S/C12H16BrN3O3S/c1-20(18,19)15-9-4-7-16(8-5-9)12(17)10-3-2-6-14-11(10)13/h2-3,6,9,15H,4-5,7-8H2,1H3. The van der Waals surface area contributed by atoms with Gasteiger partial charge >= 0.3 is 0 Å². The van der Waals surface area contributed by atoms with Gasteiger partial charge in [0.1, 0.15) is 4.60 Å². The van der Waals surface area contributed by atoms with Gasteiger partial charge < -0.3 is 4.90 Å². The lowest BCUT2D eigenvalue weighted by molar-refractivity contribution is 0.0710. The summed E-state index contributed by atoms with van der Waals surface area (Å²) in [6.07, 6.45) is 4.01. The van der Waals surface area contributed by atoms with E-state index in [0.29, 0.717) is 36.1 Å². The number of nitrogens with one attached hydrogen (secondary N) is 1. The number of carbonyl (C=O) groups excluding carboxylic acids is 1. The monoisotopic (exact) mass is 361 g/mol. The van der Waals surface area contributed by atoms with Gasteiger partial charge in [-0.05, 0) is 40.9 Å². The molecule has 1 aromatic heterocycles. The summed E-state index contributed by atoms with van der Waals surface area (Å²) in [7, 11) is -3.19. The third-order valence-electron chi connectivity index (χ3n) is 3.15. The Labute approximate surface area is 126 Å². The Bertz CT molecular complexity index is 598. The van der Waals surface area contributed by atoms with Gasteiger partial charge in [-0.3, -0.25) is 4.79 Å². The normalized spacial score (nSPS) is 17.2. The number of piperidine rings is 1. The lowest BCUT2D eigenvalue weighted by Gasteiger charge is -2.32. The molecule has 110 valence electrons. The second-order valence-electron chi connectivity index (χ2n) is 4.80. The zero-order valence-electron chi connectivity index (χ0n) is 11.0. The molecule has 8 heteroatoms. The summed E-state index contributed by atoms with van der Waals surface area (Å²) in [5.74, 6) is -0.0808. The molecule has 0 aliphatic carbocycles. The Morgan fingerprint density at radius 2 is 2.10 bits per heavy atom. The van der Waals surface area contributed by atoms with Crippen molar-refractivity contribution in [3.8, 4) is 0 Å². The quantitative estimate of drug-likeness (QED) is 0.814. The van der Waals surface area contributed by atoms with E-state index in [1.165, 1.54) is 0 Å². The summed E-state index contributed by atoms with van der Waals surface area (Å²) in [5, 5.41) is 0. The van der Waals surface area contributed by atoms with E-state index in [0.717, 1.165) is 6.26 Å². The Balaban J connectivity index is 1.97. The molecule has 0 bridgehead atoms. The Morgan fingerprint density at radius 1 is 1.45 bits per heavy atom. The van der Waals surface area contributed by atoms with Gasteiger partial charge in [-0.25, -0.2) is 18.1 Å². The van der Waals surface area contributed by atoms with Gasteiger partial charge in [-0.1, -0.05) is 0 Å². The molecular formula is C12H16BrN3O3S. The number of likely N-dealkylation sites (tertiary alicyclic amines) is 1. The largest absolute Gasteiger partial charge is 0.338 e. The van der Waals surface area contributed by atoms with Crippen molar-refractivity contribution in [1.82, 2.24) is 14.6 Å². The van der Waals surface area contributed by atoms with E-state index in [4.69, 9.17) is 0 Å². The van der Waals surface area contributed by atoms with Crippen molar-refractivity contribution >= 4 is 31.9 Å². The number of nitrogens with zero attached hydrogens (tertiary/aromatic N) is 2. The van der Waals surface area contributed by atoms with E-state index in [9.17, 15) is 13.2 Å². The number of halogens is 1. The maximum atomic E-state index is 12.3. The Morgan fingerprint density at radius 3 is 2.65 bits per heavy atom. The van der Waals surface area contributed by atoms with Crippen LogP contribution in [0.15, 0.2) is 22.9 Å². The van der Waals surface area contributed by atoms with Crippen LogP contribution in [0.25, 0.3) is 0 Å². The number of hydrogen-bond donors (Lipinski definition) is 1. The second kappa shape index (κ2) is 6.19. The molecule has 2 heterocycles. The van der Waals surface area contributed by atoms with Crippen molar-refractivity contribution in [3.63, 3.8) is 0 Å². The molecule has 0 radical (unpaired) electrons. The highest BCUT2D eigenvalue weighted by atomic mass is 79.9. The molecule has 0 unspecified atom stereocenters. The lowest BCUT2D eigenvalue weighted by Crippen LogP contribution is -2.46. The minimum atomic E-state index is -3.19. The lowest BCUT2D eigenvalue weighted by atomic mass is 10.1. The third kappa shape index (κ3) is 4.00. The summed E-state index contributed by atoms with van der Waals surface area (Å²) >= 11 is 3.26. The predicted octanol–water partition coefficient (Wildman–Crippen LogP) is 0.998. The van der Waals surface area contributed by atoms with Gasteiger partial charge in [-0.2, -0.15) is 0 Å². The maximum Gasteiger partial charge on any atom is 0.256 e.